The van der Waals surface area contributed by atoms with Gasteiger partial charge in [-0.15, -0.1) is 0 Å². The van der Waals surface area contributed by atoms with E-state index in [0.29, 0.717) is 18.0 Å². The quantitative estimate of drug-likeness (QED) is 0.838. The molecule has 0 amide bonds. The summed E-state index contributed by atoms with van der Waals surface area (Å²) in [6.45, 7) is 10.8. The first-order valence-electron chi connectivity index (χ1n) is 7.53. The van der Waals surface area contributed by atoms with Gasteiger partial charge in [0.05, 0.1) is 24.9 Å². The van der Waals surface area contributed by atoms with E-state index >= 15 is 0 Å². The van der Waals surface area contributed by atoms with Gasteiger partial charge in [-0.1, -0.05) is 0 Å². The molecule has 2 aliphatic heterocycles. The fourth-order valence-electron chi connectivity index (χ4n) is 3.25. The van der Waals surface area contributed by atoms with E-state index in [2.05, 4.69) is 41.5 Å². The summed E-state index contributed by atoms with van der Waals surface area (Å²) >= 11 is 0. The fourth-order valence-corrected chi connectivity index (χ4v) is 3.25. The highest BCUT2D eigenvalue weighted by Crippen LogP contribution is 2.31. The van der Waals surface area contributed by atoms with E-state index < -0.39 is 0 Å². The highest BCUT2D eigenvalue weighted by Gasteiger charge is 2.31. The minimum absolute atomic E-state index is 0.460. The van der Waals surface area contributed by atoms with Crippen molar-refractivity contribution in [3.05, 3.63) is 17.5 Å². The van der Waals surface area contributed by atoms with Gasteiger partial charge in [-0.2, -0.15) is 5.10 Å². The molecule has 2 saturated heterocycles. The molecule has 3 heterocycles. The Kier molecular flexibility index (Phi) is 3.63. The lowest BCUT2D eigenvalue weighted by molar-refractivity contribution is -0.0714. The highest BCUT2D eigenvalue weighted by atomic mass is 16.5. The SMILES string of the molecule is Cc1cc(C2CCN(C3COC3)CC2)n(C(C)C)n1. The molecule has 1 aromatic rings. The van der Waals surface area contributed by atoms with Crippen molar-refractivity contribution in [2.75, 3.05) is 26.3 Å². The maximum absolute atomic E-state index is 5.30. The summed E-state index contributed by atoms with van der Waals surface area (Å²) in [5, 5.41) is 4.65. The Morgan fingerprint density at radius 1 is 1.26 bits per heavy atom. The predicted octanol–water partition coefficient (Wildman–Crippen LogP) is 2.35. The molecule has 106 valence electrons. The first kappa shape index (κ1) is 13.1. The lowest BCUT2D eigenvalue weighted by Gasteiger charge is -2.41. The topological polar surface area (TPSA) is 30.3 Å². The average molecular weight is 263 g/mol. The summed E-state index contributed by atoms with van der Waals surface area (Å²) in [7, 11) is 0. The number of nitrogens with zero attached hydrogens (tertiary/aromatic N) is 3. The van der Waals surface area contributed by atoms with E-state index in [4.69, 9.17) is 4.74 Å². The zero-order valence-corrected chi connectivity index (χ0v) is 12.3. The number of likely N-dealkylation sites (tertiary alicyclic amines) is 1. The normalized spacial score (nSPS) is 22.9. The van der Waals surface area contributed by atoms with E-state index in [-0.39, 0.29) is 0 Å². The van der Waals surface area contributed by atoms with Gasteiger partial charge >= 0.3 is 0 Å². The van der Waals surface area contributed by atoms with Crippen molar-refractivity contribution in [2.24, 2.45) is 0 Å². The number of piperidine rings is 1. The molecule has 2 fully saturated rings. The Hall–Kier alpha value is -0.870. The first-order valence-corrected chi connectivity index (χ1v) is 7.53. The van der Waals surface area contributed by atoms with Crippen LogP contribution in [-0.4, -0.2) is 47.0 Å². The summed E-state index contributed by atoms with van der Waals surface area (Å²) in [4.78, 5) is 2.60. The lowest BCUT2D eigenvalue weighted by atomic mass is 9.92. The van der Waals surface area contributed by atoms with Gasteiger partial charge in [0.25, 0.3) is 0 Å². The highest BCUT2D eigenvalue weighted by molar-refractivity contribution is 5.15. The van der Waals surface area contributed by atoms with Crippen molar-refractivity contribution in [2.45, 2.75) is 51.6 Å². The first-order chi connectivity index (χ1) is 9.15. The Morgan fingerprint density at radius 3 is 2.47 bits per heavy atom. The number of hydrogen-bond donors (Lipinski definition) is 0. The molecule has 0 aromatic carbocycles. The van der Waals surface area contributed by atoms with Gasteiger partial charge in [0.2, 0.25) is 0 Å². The van der Waals surface area contributed by atoms with Gasteiger partial charge in [-0.05, 0) is 52.8 Å². The van der Waals surface area contributed by atoms with Crippen molar-refractivity contribution < 1.29 is 4.74 Å². The van der Waals surface area contributed by atoms with E-state index in [9.17, 15) is 0 Å². The Morgan fingerprint density at radius 2 is 1.95 bits per heavy atom. The van der Waals surface area contributed by atoms with Crippen LogP contribution >= 0.6 is 0 Å². The summed E-state index contributed by atoms with van der Waals surface area (Å²) in [5.74, 6) is 0.681. The Balaban J connectivity index is 1.67. The second-order valence-corrected chi connectivity index (χ2v) is 6.25. The maximum Gasteiger partial charge on any atom is 0.0645 e. The van der Waals surface area contributed by atoms with E-state index in [1.165, 1.54) is 31.6 Å². The van der Waals surface area contributed by atoms with Crippen molar-refractivity contribution in [3.8, 4) is 0 Å². The molecule has 0 atom stereocenters. The maximum atomic E-state index is 5.30. The monoisotopic (exact) mass is 263 g/mol. The van der Waals surface area contributed by atoms with Crippen LogP contribution in [-0.2, 0) is 4.74 Å². The summed E-state index contributed by atoms with van der Waals surface area (Å²) in [6.07, 6.45) is 2.52. The van der Waals surface area contributed by atoms with Crippen molar-refractivity contribution in [1.29, 1.82) is 0 Å². The van der Waals surface area contributed by atoms with Gasteiger partial charge in [0.15, 0.2) is 0 Å². The average Bonchev–Trinajstić information content (AvgIpc) is 2.70. The smallest absolute Gasteiger partial charge is 0.0645 e. The van der Waals surface area contributed by atoms with Gasteiger partial charge in [0.1, 0.15) is 0 Å². The van der Waals surface area contributed by atoms with Crippen LogP contribution in [0.2, 0.25) is 0 Å². The molecule has 0 aliphatic carbocycles. The molecule has 4 nitrogen and oxygen atoms in total. The third-order valence-corrected chi connectivity index (χ3v) is 4.46. The second-order valence-electron chi connectivity index (χ2n) is 6.25. The van der Waals surface area contributed by atoms with E-state index in [0.717, 1.165) is 18.9 Å². The van der Waals surface area contributed by atoms with Crippen LogP contribution in [0.3, 0.4) is 0 Å². The summed E-state index contributed by atoms with van der Waals surface area (Å²) in [5.41, 5.74) is 2.59. The van der Waals surface area contributed by atoms with Crippen LogP contribution in [0.5, 0.6) is 0 Å². The van der Waals surface area contributed by atoms with Gasteiger partial charge in [0, 0.05) is 17.7 Å². The minimum atomic E-state index is 0.460. The van der Waals surface area contributed by atoms with Crippen LogP contribution in [0.4, 0.5) is 0 Å². The Bertz CT molecular complexity index is 429. The molecule has 2 aliphatic rings. The number of rotatable bonds is 3. The molecule has 1 aromatic heterocycles. The molecule has 19 heavy (non-hydrogen) atoms. The van der Waals surface area contributed by atoms with Crippen molar-refractivity contribution >= 4 is 0 Å². The van der Waals surface area contributed by atoms with Gasteiger partial charge in [-0.25, -0.2) is 0 Å². The van der Waals surface area contributed by atoms with Crippen LogP contribution in [0.15, 0.2) is 6.07 Å². The molecule has 3 rings (SSSR count). The van der Waals surface area contributed by atoms with Gasteiger partial charge in [-0.3, -0.25) is 9.58 Å². The van der Waals surface area contributed by atoms with Crippen LogP contribution < -0.4 is 0 Å². The van der Waals surface area contributed by atoms with Crippen molar-refractivity contribution in [1.82, 2.24) is 14.7 Å². The molecule has 0 radical (unpaired) electrons. The van der Waals surface area contributed by atoms with Crippen LogP contribution in [0, 0.1) is 6.92 Å². The van der Waals surface area contributed by atoms with Crippen molar-refractivity contribution in [3.63, 3.8) is 0 Å². The fraction of sp³-hybridized carbons (Fsp3) is 0.800. The largest absolute Gasteiger partial charge is 0.378 e. The lowest BCUT2D eigenvalue weighted by Crippen LogP contribution is -2.51. The van der Waals surface area contributed by atoms with E-state index in [1.54, 1.807) is 0 Å². The predicted molar refractivity (Wildman–Crippen MR) is 75.5 cm³/mol. The third kappa shape index (κ3) is 2.56. The number of aromatic nitrogens is 2. The summed E-state index contributed by atoms with van der Waals surface area (Å²) in [6, 6.07) is 3.44. The third-order valence-electron chi connectivity index (χ3n) is 4.46. The van der Waals surface area contributed by atoms with Crippen LogP contribution in [0.25, 0.3) is 0 Å². The zero-order valence-electron chi connectivity index (χ0n) is 12.3. The van der Waals surface area contributed by atoms with E-state index in [1.807, 2.05) is 0 Å². The molecular formula is C15H25N3O. The summed E-state index contributed by atoms with van der Waals surface area (Å²) < 4.78 is 7.52. The molecule has 0 saturated carbocycles. The number of ether oxygens (including phenoxy) is 1. The molecule has 0 N–H and O–H groups in total. The van der Waals surface area contributed by atoms with Crippen LogP contribution in [0.1, 0.15) is 50.0 Å². The molecular weight excluding hydrogens is 238 g/mol. The minimum Gasteiger partial charge on any atom is -0.378 e. The molecule has 0 unspecified atom stereocenters. The second kappa shape index (κ2) is 5.25. The molecule has 0 bridgehead atoms. The standard InChI is InChI=1S/C15H25N3O/c1-11(2)18-15(8-12(3)16-18)13-4-6-17(7-5-13)14-9-19-10-14/h8,11,13-14H,4-7,9-10H2,1-3H3. The molecule has 4 heteroatoms. The zero-order chi connectivity index (χ0) is 13.4. The van der Waals surface area contributed by atoms with Gasteiger partial charge < -0.3 is 4.74 Å². The number of hydrogen-bond acceptors (Lipinski definition) is 3. The molecule has 0 spiro atoms. The number of aryl methyl sites for hydroxylation is 1. The Labute approximate surface area is 115 Å².